The Morgan fingerprint density at radius 1 is 1.24 bits per heavy atom. The molecule has 100 valence electrons. The molecular weight excluding hydrogens is 208 g/mol. The summed E-state index contributed by atoms with van der Waals surface area (Å²) in [6.07, 6.45) is 7.00. The van der Waals surface area contributed by atoms with Crippen molar-refractivity contribution in [3.8, 4) is 0 Å². The highest BCUT2D eigenvalue weighted by Gasteiger charge is 2.46. The molecular formula is C15H30N2. The first-order valence-corrected chi connectivity index (χ1v) is 7.64. The monoisotopic (exact) mass is 238 g/mol. The van der Waals surface area contributed by atoms with Gasteiger partial charge in [0.15, 0.2) is 0 Å². The Bertz CT molecular complexity index is 242. The van der Waals surface area contributed by atoms with Crippen LogP contribution in [0.2, 0.25) is 0 Å². The van der Waals surface area contributed by atoms with Crippen molar-refractivity contribution >= 4 is 0 Å². The Morgan fingerprint density at radius 3 is 2.41 bits per heavy atom. The van der Waals surface area contributed by atoms with Crippen molar-refractivity contribution < 1.29 is 0 Å². The second-order valence-electron chi connectivity index (χ2n) is 6.18. The number of hydrogen-bond acceptors (Lipinski definition) is 2. The van der Waals surface area contributed by atoms with E-state index in [9.17, 15) is 0 Å². The van der Waals surface area contributed by atoms with Gasteiger partial charge in [-0.1, -0.05) is 20.8 Å². The SMILES string of the molecule is CCNC1CCN(C2(CC)CCC2)C(C)C1C. The van der Waals surface area contributed by atoms with Crippen LogP contribution in [0.15, 0.2) is 0 Å². The fraction of sp³-hybridized carbons (Fsp3) is 1.00. The highest BCUT2D eigenvalue weighted by Crippen LogP contribution is 2.44. The molecule has 2 fully saturated rings. The van der Waals surface area contributed by atoms with E-state index in [0.717, 1.165) is 24.5 Å². The third-order valence-corrected chi connectivity index (χ3v) is 5.59. The summed E-state index contributed by atoms with van der Waals surface area (Å²) in [6.45, 7) is 11.9. The maximum Gasteiger partial charge on any atom is 0.0210 e. The number of likely N-dealkylation sites (tertiary alicyclic amines) is 1. The molecule has 2 rings (SSSR count). The second-order valence-corrected chi connectivity index (χ2v) is 6.18. The fourth-order valence-electron chi connectivity index (χ4n) is 4.01. The van der Waals surface area contributed by atoms with Crippen LogP contribution in [0.1, 0.15) is 59.8 Å². The van der Waals surface area contributed by atoms with Gasteiger partial charge in [-0.05, 0) is 51.5 Å². The van der Waals surface area contributed by atoms with Crippen LogP contribution in [0.3, 0.4) is 0 Å². The predicted molar refractivity (Wildman–Crippen MR) is 74.3 cm³/mol. The summed E-state index contributed by atoms with van der Waals surface area (Å²) in [5, 5.41) is 3.66. The van der Waals surface area contributed by atoms with Crippen molar-refractivity contribution in [3.63, 3.8) is 0 Å². The summed E-state index contributed by atoms with van der Waals surface area (Å²) >= 11 is 0. The maximum absolute atomic E-state index is 3.66. The summed E-state index contributed by atoms with van der Waals surface area (Å²) in [7, 11) is 0. The van der Waals surface area contributed by atoms with Gasteiger partial charge in [0, 0.05) is 24.2 Å². The van der Waals surface area contributed by atoms with Crippen LogP contribution in [-0.4, -0.2) is 35.6 Å². The molecule has 0 spiro atoms. The molecule has 0 bridgehead atoms. The Balaban J connectivity index is 2.02. The molecule has 0 amide bonds. The molecule has 2 aliphatic rings. The van der Waals surface area contributed by atoms with Crippen molar-refractivity contribution in [1.29, 1.82) is 0 Å². The predicted octanol–water partition coefficient (Wildman–Crippen LogP) is 3.03. The van der Waals surface area contributed by atoms with Crippen molar-refractivity contribution in [1.82, 2.24) is 10.2 Å². The van der Waals surface area contributed by atoms with Crippen molar-refractivity contribution in [2.24, 2.45) is 5.92 Å². The molecule has 1 aliphatic carbocycles. The summed E-state index contributed by atoms with van der Waals surface area (Å²) in [6, 6.07) is 1.48. The minimum atomic E-state index is 0.574. The topological polar surface area (TPSA) is 15.3 Å². The van der Waals surface area contributed by atoms with Gasteiger partial charge in [-0.25, -0.2) is 0 Å². The van der Waals surface area contributed by atoms with Crippen LogP contribution in [0.25, 0.3) is 0 Å². The lowest BCUT2D eigenvalue weighted by Gasteiger charge is -2.57. The highest BCUT2D eigenvalue weighted by molar-refractivity contribution is 5.02. The Hall–Kier alpha value is -0.0800. The van der Waals surface area contributed by atoms with Crippen LogP contribution in [-0.2, 0) is 0 Å². The van der Waals surface area contributed by atoms with E-state index in [0.29, 0.717) is 5.54 Å². The van der Waals surface area contributed by atoms with Crippen LogP contribution in [0, 0.1) is 5.92 Å². The minimum absolute atomic E-state index is 0.574. The van der Waals surface area contributed by atoms with E-state index < -0.39 is 0 Å². The van der Waals surface area contributed by atoms with E-state index in [4.69, 9.17) is 0 Å². The van der Waals surface area contributed by atoms with Crippen molar-refractivity contribution in [2.75, 3.05) is 13.1 Å². The molecule has 2 heteroatoms. The van der Waals surface area contributed by atoms with Crippen LogP contribution in [0.5, 0.6) is 0 Å². The van der Waals surface area contributed by atoms with E-state index in [1.165, 1.54) is 38.6 Å². The second kappa shape index (κ2) is 5.27. The van der Waals surface area contributed by atoms with Crippen molar-refractivity contribution in [3.05, 3.63) is 0 Å². The maximum atomic E-state index is 3.66. The van der Waals surface area contributed by atoms with Crippen molar-refractivity contribution in [2.45, 2.75) is 77.4 Å². The average molecular weight is 238 g/mol. The lowest BCUT2D eigenvalue weighted by Crippen LogP contribution is -2.63. The van der Waals surface area contributed by atoms with E-state index in [2.05, 4.69) is 37.9 Å². The van der Waals surface area contributed by atoms with E-state index >= 15 is 0 Å². The van der Waals surface area contributed by atoms with E-state index in [1.807, 2.05) is 0 Å². The zero-order chi connectivity index (χ0) is 12.5. The molecule has 1 N–H and O–H groups in total. The van der Waals surface area contributed by atoms with Gasteiger partial charge in [0.2, 0.25) is 0 Å². The Morgan fingerprint density at radius 2 is 1.94 bits per heavy atom. The summed E-state index contributed by atoms with van der Waals surface area (Å²) < 4.78 is 0. The third-order valence-electron chi connectivity index (χ3n) is 5.59. The Labute approximate surface area is 107 Å². The third kappa shape index (κ3) is 2.26. The van der Waals surface area contributed by atoms with Crippen LogP contribution < -0.4 is 5.32 Å². The number of nitrogens with one attached hydrogen (secondary N) is 1. The first-order valence-electron chi connectivity index (χ1n) is 7.64. The molecule has 3 atom stereocenters. The number of hydrogen-bond donors (Lipinski definition) is 1. The molecule has 1 aliphatic heterocycles. The first kappa shape index (κ1) is 13.4. The summed E-state index contributed by atoms with van der Waals surface area (Å²) in [4.78, 5) is 2.84. The molecule has 1 saturated heterocycles. The van der Waals surface area contributed by atoms with E-state index in [-0.39, 0.29) is 0 Å². The minimum Gasteiger partial charge on any atom is -0.314 e. The largest absolute Gasteiger partial charge is 0.314 e. The standard InChI is InChI=1S/C15H30N2/c1-5-15(9-7-10-15)17-11-8-14(16-6-2)12(3)13(17)4/h12-14,16H,5-11H2,1-4H3. The molecule has 17 heavy (non-hydrogen) atoms. The molecule has 3 unspecified atom stereocenters. The molecule has 0 radical (unpaired) electrons. The Kier molecular flexibility index (Phi) is 4.14. The molecule has 2 nitrogen and oxygen atoms in total. The number of nitrogens with zero attached hydrogens (tertiary/aromatic N) is 1. The van der Waals surface area contributed by atoms with Gasteiger partial charge in [0.05, 0.1) is 0 Å². The molecule has 0 aromatic rings. The fourth-order valence-corrected chi connectivity index (χ4v) is 4.01. The van der Waals surface area contributed by atoms with Gasteiger partial charge in [-0.3, -0.25) is 4.90 Å². The lowest BCUT2D eigenvalue weighted by atomic mass is 9.70. The average Bonchev–Trinajstić information content (AvgIpc) is 2.27. The molecule has 1 saturated carbocycles. The molecule has 0 aromatic carbocycles. The van der Waals surface area contributed by atoms with Gasteiger partial charge in [0.25, 0.3) is 0 Å². The summed E-state index contributed by atoms with van der Waals surface area (Å²) in [5.74, 6) is 0.785. The van der Waals surface area contributed by atoms with E-state index in [1.54, 1.807) is 0 Å². The normalized spacial score (nSPS) is 37.8. The van der Waals surface area contributed by atoms with Crippen LogP contribution in [0.4, 0.5) is 0 Å². The smallest absolute Gasteiger partial charge is 0.0210 e. The summed E-state index contributed by atoms with van der Waals surface area (Å²) in [5.41, 5.74) is 0.574. The van der Waals surface area contributed by atoms with Gasteiger partial charge in [-0.15, -0.1) is 0 Å². The first-order chi connectivity index (χ1) is 8.14. The zero-order valence-corrected chi connectivity index (χ0v) is 12.1. The molecule has 1 heterocycles. The molecule has 0 aromatic heterocycles. The lowest BCUT2D eigenvalue weighted by molar-refractivity contribution is -0.0584. The van der Waals surface area contributed by atoms with Gasteiger partial charge in [0.1, 0.15) is 0 Å². The van der Waals surface area contributed by atoms with Crippen LogP contribution >= 0.6 is 0 Å². The zero-order valence-electron chi connectivity index (χ0n) is 12.1. The van der Waals surface area contributed by atoms with Gasteiger partial charge < -0.3 is 5.32 Å². The number of rotatable bonds is 4. The van der Waals surface area contributed by atoms with Gasteiger partial charge in [-0.2, -0.15) is 0 Å². The quantitative estimate of drug-likeness (QED) is 0.810. The van der Waals surface area contributed by atoms with Gasteiger partial charge >= 0.3 is 0 Å². The number of piperidine rings is 1. The highest BCUT2D eigenvalue weighted by atomic mass is 15.3.